The summed E-state index contributed by atoms with van der Waals surface area (Å²) in [6.07, 6.45) is -2.66. The quantitative estimate of drug-likeness (QED) is 0.598. The summed E-state index contributed by atoms with van der Waals surface area (Å²) in [5, 5.41) is 0.0845. The highest BCUT2D eigenvalue weighted by molar-refractivity contribution is 6.31. The summed E-state index contributed by atoms with van der Waals surface area (Å²) in [6, 6.07) is 1.20. The molecule has 6 heteroatoms. The van der Waals surface area contributed by atoms with Crippen LogP contribution in [0.15, 0.2) is 6.07 Å². The van der Waals surface area contributed by atoms with Crippen LogP contribution in [0.2, 0.25) is 5.15 Å². The van der Waals surface area contributed by atoms with E-state index in [0.717, 1.165) is 0 Å². The molecular weight excluding hydrogens is 235 g/mol. The van der Waals surface area contributed by atoms with Gasteiger partial charge in [0.1, 0.15) is 5.15 Å². The molecule has 0 aliphatic carbocycles. The largest absolute Gasteiger partial charge is 0.481 e. The molecule has 0 bridgehead atoms. The Morgan fingerprint density at radius 1 is 1.57 bits per heavy atom. The highest BCUT2D eigenvalue weighted by atomic mass is 35.5. The zero-order chi connectivity index (χ0) is 10.7. The minimum Gasteiger partial charge on any atom is -0.481 e. The summed E-state index contributed by atoms with van der Waals surface area (Å²) in [7, 11) is 1.25. The van der Waals surface area contributed by atoms with E-state index < -0.39 is 6.43 Å². The molecule has 1 rings (SSSR count). The fourth-order valence-electron chi connectivity index (χ4n) is 0.948. The maximum Gasteiger partial charge on any atom is 0.269 e. The molecule has 0 saturated carbocycles. The van der Waals surface area contributed by atoms with Crippen molar-refractivity contribution in [3.05, 3.63) is 22.3 Å². The van der Waals surface area contributed by atoms with Crippen LogP contribution in [0.25, 0.3) is 0 Å². The Hall–Kier alpha value is -0.610. The summed E-state index contributed by atoms with van der Waals surface area (Å²) in [5.74, 6) is -0.130. The molecule has 0 spiro atoms. The van der Waals surface area contributed by atoms with Gasteiger partial charge in [0.25, 0.3) is 6.43 Å². The zero-order valence-electron chi connectivity index (χ0n) is 7.23. The molecule has 0 N–H and O–H groups in total. The Bertz CT molecular complexity index is 333. The van der Waals surface area contributed by atoms with Crippen LogP contribution >= 0.6 is 23.2 Å². The van der Waals surface area contributed by atoms with E-state index >= 15 is 0 Å². The Morgan fingerprint density at radius 3 is 2.64 bits per heavy atom. The Balaban J connectivity index is 3.25. The van der Waals surface area contributed by atoms with Crippen molar-refractivity contribution in [2.45, 2.75) is 12.3 Å². The van der Waals surface area contributed by atoms with E-state index in [9.17, 15) is 8.78 Å². The number of pyridine rings is 1. The smallest absolute Gasteiger partial charge is 0.269 e. The molecule has 0 amide bonds. The van der Waals surface area contributed by atoms with Gasteiger partial charge in [-0.25, -0.2) is 13.8 Å². The Kier molecular flexibility index (Phi) is 3.89. The van der Waals surface area contributed by atoms with E-state index in [1.54, 1.807) is 0 Å². The third kappa shape index (κ3) is 2.25. The van der Waals surface area contributed by atoms with Gasteiger partial charge in [-0.1, -0.05) is 11.6 Å². The SMILES string of the molecule is COc1nc(Cl)c(CCl)cc1C(F)F. The van der Waals surface area contributed by atoms with Crippen molar-refractivity contribution in [1.82, 2.24) is 4.98 Å². The molecule has 78 valence electrons. The standard InChI is InChI=1S/C8H7Cl2F2NO/c1-14-8-5(7(11)12)2-4(3-9)6(10)13-8/h2,7H,3H2,1H3. The van der Waals surface area contributed by atoms with Gasteiger partial charge in [0.15, 0.2) is 0 Å². The number of aromatic nitrogens is 1. The third-order valence-corrected chi connectivity index (χ3v) is 2.23. The molecule has 0 fully saturated rings. The maximum absolute atomic E-state index is 12.5. The van der Waals surface area contributed by atoms with Crippen molar-refractivity contribution in [3.63, 3.8) is 0 Å². The van der Waals surface area contributed by atoms with Gasteiger partial charge >= 0.3 is 0 Å². The van der Waals surface area contributed by atoms with Gasteiger partial charge in [0, 0.05) is 5.56 Å². The molecule has 0 radical (unpaired) electrons. The van der Waals surface area contributed by atoms with E-state index in [1.807, 2.05) is 0 Å². The van der Waals surface area contributed by atoms with Gasteiger partial charge in [-0.3, -0.25) is 0 Å². The molecule has 2 nitrogen and oxygen atoms in total. The number of hydrogen-bond acceptors (Lipinski definition) is 2. The fourth-order valence-corrected chi connectivity index (χ4v) is 1.42. The van der Waals surface area contributed by atoms with E-state index in [1.165, 1.54) is 13.2 Å². The van der Waals surface area contributed by atoms with Crippen LogP contribution in [0.3, 0.4) is 0 Å². The zero-order valence-corrected chi connectivity index (χ0v) is 8.74. The number of rotatable bonds is 3. The van der Waals surface area contributed by atoms with E-state index in [4.69, 9.17) is 23.2 Å². The van der Waals surface area contributed by atoms with Gasteiger partial charge in [-0.2, -0.15) is 0 Å². The number of nitrogens with zero attached hydrogens (tertiary/aromatic N) is 1. The molecule has 0 saturated heterocycles. The third-order valence-electron chi connectivity index (χ3n) is 1.61. The molecular formula is C8H7Cl2F2NO. The van der Waals surface area contributed by atoms with E-state index in [-0.39, 0.29) is 22.5 Å². The summed E-state index contributed by atoms with van der Waals surface area (Å²) >= 11 is 11.2. The van der Waals surface area contributed by atoms with Crippen molar-refractivity contribution in [1.29, 1.82) is 0 Å². The Labute approximate surface area is 89.8 Å². The van der Waals surface area contributed by atoms with Crippen LogP contribution in [0, 0.1) is 0 Å². The van der Waals surface area contributed by atoms with Gasteiger partial charge in [0.2, 0.25) is 5.88 Å². The predicted octanol–water partition coefficient (Wildman–Crippen LogP) is 3.42. The second kappa shape index (κ2) is 4.75. The second-order valence-electron chi connectivity index (χ2n) is 2.47. The van der Waals surface area contributed by atoms with Crippen LogP contribution < -0.4 is 4.74 Å². The van der Waals surface area contributed by atoms with Crippen LogP contribution in [-0.4, -0.2) is 12.1 Å². The average Bonchev–Trinajstić information content (AvgIpc) is 2.16. The van der Waals surface area contributed by atoms with Crippen LogP contribution in [0.1, 0.15) is 17.6 Å². The molecule has 0 atom stereocenters. The first kappa shape index (κ1) is 11.5. The lowest BCUT2D eigenvalue weighted by Gasteiger charge is -2.09. The molecule has 1 aromatic rings. The van der Waals surface area contributed by atoms with Crippen molar-refractivity contribution >= 4 is 23.2 Å². The molecule has 0 aromatic carbocycles. The maximum atomic E-state index is 12.5. The first-order chi connectivity index (χ1) is 6.60. The lowest BCUT2D eigenvalue weighted by Crippen LogP contribution is -1.98. The van der Waals surface area contributed by atoms with Gasteiger partial charge in [-0.05, 0) is 6.07 Å². The highest BCUT2D eigenvalue weighted by Gasteiger charge is 2.18. The number of methoxy groups -OCH3 is 1. The minimum atomic E-state index is -2.66. The normalized spacial score (nSPS) is 10.7. The monoisotopic (exact) mass is 241 g/mol. The number of halogens is 4. The summed E-state index contributed by atoms with van der Waals surface area (Å²) in [4.78, 5) is 3.66. The number of hydrogen-bond donors (Lipinski definition) is 0. The van der Waals surface area contributed by atoms with Crippen molar-refractivity contribution in [2.24, 2.45) is 0 Å². The van der Waals surface area contributed by atoms with E-state index in [0.29, 0.717) is 5.56 Å². The molecule has 1 aromatic heterocycles. The van der Waals surface area contributed by atoms with Crippen molar-refractivity contribution in [3.8, 4) is 5.88 Å². The highest BCUT2D eigenvalue weighted by Crippen LogP contribution is 2.31. The number of ether oxygens (including phenoxy) is 1. The average molecular weight is 242 g/mol. The van der Waals surface area contributed by atoms with Crippen molar-refractivity contribution < 1.29 is 13.5 Å². The first-order valence-corrected chi connectivity index (χ1v) is 4.58. The summed E-state index contributed by atoms with van der Waals surface area (Å²) in [5.41, 5.74) is 0.0667. The molecule has 0 aliphatic rings. The molecule has 1 heterocycles. The predicted molar refractivity (Wildman–Crippen MR) is 50.3 cm³/mol. The second-order valence-corrected chi connectivity index (χ2v) is 3.10. The van der Waals surface area contributed by atoms with Gasteiger partial charge < -0.3 is 4.74 Å². The van der Waals surface area contributed by atoms with Crippen LogP contribution in [-0.2, 0) is 5.88 Å². The lowest BCUT2D eigenvalue weighted by molar-refractivity contribution is 0.146. The summed E-state index contributed by atoms with van der Waals surface area (Å²) in [6.45, 7) is 0. The van der Waals surface area contributed by atoms with Crippen LogP contribution in [0.4, 0.5) is 8.78 Å². The van der Waals surface area contributed by atoms with Gasteiger partial charge in [-0.15, -0.1) is 11.6 Å². The Morgan fingerprint density at radius 2 is 2.21 bits per heavy atom. The fraction of sp³-hybridized carbons (Fsp3) is 0.375. The van der Waals surface area contributed by atoms with Crippen molar-refractivity contribution in [2.75, 3.05) is 7.11 Å². The topological polar surface area (TPSA) is 22.1 Å². The van der Waals surface area contributed by atoms with E-state index in [2.05, 4.69) is 9.72 Å². The molecule has 0 unspecified atom stereocenters. The first-order valence-electron chi connectivity index (χ1n) is 3.67. The van der Waals surface area contributed by atoms with Gasteiger partial charge in [0.05, 0.1) is 18.6 Å². The van der Waals surface area contributed by atoms with Crippen LogP contribution in [0.5, 0.6) is 5.88 Å². The molecule has 14 heavy (non-hydrogen) atoms. The molecule has 0 aliphatic heterocycles. The minimum absolute atomic E-state index is 0.0372. The summed E-state index contributed by atoms with van der Waals surface area (Å²) < 4.78 is 29.6. The number of alkyl halides is 3. The lowest BCUT2D eigenvalue weighted by atomic mass is 10.2.